The van der Waals surface area contributed by atoms with Gasteiger partial charge in [0, 0.05) is 27.2 Å². The van der Waals surface area contributed by atoms with Gasteiger partial charge in [-0.3, -0.25) is 0 Å². The summed E-state index contributed by atoms with van der Waals surface area (Å²) in [7, 11) is 0. The first-order chi connectivity index (χ1) is 27.7. The van der Waals surface area contributed by atoms with Gasteiger partial charge in [-0.05, 0) is 110 Å². The zero-order valence-corrected chi connectivity index (χ0v) is 30.6. The Labute approximate surface area is 325 Å². The lowest BCUT2D eigenvalue weighted by Gasteiger charge is -2.11. The highest BCUT2D eigenvalue weighted by atomic mass is 16.3. The lowest BCUT2D eigenvalue weighted by atomic mass is 9.97. The summed E-state index contributed by atoms with van der Waals surface area (Å²) in [6.07, 6.45) is 0. The van der Waals surface area contributed by atoms with Crippen molar-refractivity contribution in [1.82, 2.24) is 4.57 Å². The molecule has 2 nitrogen and oxygen atoms in total. The molecule has 0 atom stereocenters. The van der Waals surface area contributed by atoms with Gasteiger partial charge in [0.15, 0.2) is 0 Å². The van der Waals surface area contributed by atoms with E-state index in [9.17, 15) is 0 Å². The Hall–Kier alpha value is -7.42. The van der Waals surface area contributed by atoms with Gasteiger partial charge in [0.1, 0.15) is 11.2 Å². The molecule has 0 saturated heterocycles. The molecule has 0 unspecified atom stereocenters. The summed E-state index contributed by atoms with van der Waals surface area (Å²) in [5.74, 6) is 0. The molecule has 0 aliphatic carbocycles. The van der Waals surface area contributed by atoms with Crippen molar-refractivity contribution < 1.29 is 4.42 Å². The van der Waals surface area contributed by atoms with E-state index in [0.717, 1.165) is 27.6 Å². The van der Waals surface area contributed by atoms with E-state index in [0.29, 0.717) is 0 Å². The van der Waals surface area contributed by atoms with E-state index in [1.807, 2.05) is 12.1 Å². The molecule has 56 heavy (non-hydrogen) atoms. The fraction of sp³-hybridized carbons (Fsp3) is 0. The van der Waals surface area contributed by atoms with Crippen molar-refractivity contribution in [3.8, 4) is 61.3 Å². The van der Waals surface area contributed by atoms with Crippen molar-refractivity contribution in [3.63, 3.8) is 0 Å². The second-order valence-corrected chi connectivity index (χ2v) is 14.5. The lowest BCUT2D eigenvalue weighted by molar-refractivity contribution is 0.669. The summed E-state index contributed by atoms with van der Waals surface area (Å²) in [4.78, 5) is 0. The van der Waals surface area contributed by atoms with Gasteiger partial charge in [-0.25, -0.2) is 0 Å². The average Bonchev–Trinajstić information content (AvgIpc) is 3.82. The predicted molar refractivity (Wildman–Crippen MR) is 235 cm³/mol. The number of furan rings is 1. The van der Waals surface area contributed by atoms with Gasteiger partial charge in [-0.15, -0.1) is 0 Å². The van der Waals surface area contributed by atoms with Gasteiger partial charge in [0.2, 0.25) is 0 Å². The number of nitrogens with zero attached hydrogens (tertiary/aromatic N) is 1. The molecular weight excluding hydrogens is 679 g/mol. The van der Waals surface area contributed by atoms with Crippen molar-refractivity contribution in [3.05, 3.63) is 212 Å². The van der Waals surface area contributed by atoms with Gasteiger partial charge in [0.05, 0.1) is 11.0 Å². The van der Waals surface area contributed by atoms with Crippen LogP contribution in [0.15, 0.2) is 217 Å². The standard InChI is InChI=1S/C54H35NO/c1-3-9-36(10-4-1)43-25-30-51-48(33-43)49-34-44(37-11-5-2-6-12-37)26-31-52(49)55(51)46-28-23-41(24-29-46)40-17-15-38(16-18-40)39-19-21-42(22-20-39)45-27-32-54-50(35-45)47-13-7-8-14-53(47)56-54/h1-35H. The second kappa shape index (κ2) is 13.2. The van der Waals surface area contributed by atoms with Crippen LogP contribution in [0.1, 0.15) is 0 Å². The molecule has 11 rings (SSSR count). The number of fused-ring (bicyclic) bond motifs is 6. The minimum absolute atomic E-state index is 0.920. The maximum atomic E-state index is 6.05. The van der Waals surface area contributed by atoms with Gasteiger partial charge in [-0.1, -0.05) is 158 Å². The maximum Gasteiger partial charge on any atom is 0.135 e. The first-order valence-corrected chi connectivity index (χ1v) is 19.2. The Balaban J connectivity index is 0.897. The van der Waals surface area contributed by atoms with E-state index in [1.165, 1.54) is 77.4 Å². The molecule has 262 valence electrons. The Morgan fingerprint density at radius 2 is 0.607 bits per heavy atom. The summed E-state index contributed by atoms with van der Waals surface area (Å²) < 4.78 is 8.45. The Morgan fingerprint density at radius 1 is 0.250 bits per heavy atom. The molecule has 2 heteroatoms. The minimum atomic E-state index is 0.920. The molecule has 11 aromatic rings. The number of hydrogen-bond acceptors (Lipinski definition) is 1. The van der Waals surface area contributed by atoms with Crippen LogP contribution in [0.25, 0.3) is 105 Å². The van der Waals surface area contributed by atoms with Crippen molar-refractivity contribution in [2.45, 2.75) is 0 Å². The van der Waals surface area contributed by atoms with Crippen molar-refractivity contribution >= 4 is 43.7 Å². The van der Waals surface area contributed by atoms with Crippen LogP contribution in [0, 0.1) is 0 Å². The van der Waals surface area contributed by atoms with E-state index in [1.54, 1.807) is 0 Å². The van der Waals surface area contributed by atoms with Gasteiger partial charge in [-0.2, -0.15) is 0 Å². The normalized spacial score (nSPS) is 11.6. The number of hydrogen-bond donors (Lipinski definition) is 0. The van der Waals surface area contributed by atoms with E-state index in [2.05, 4.69) is 205 Å². The van der Waals surface area contributed by atoms with Crippen molar-refractivity contribution in [2.24, 2.45) is 0 Å². The van der Waals surface area contributed by atoms with Crippen LogP contribution < -0.4 is 0 Å². The van der Waals surface area contributed by atoms with Crippen LogP contribution in [0.3, 0.4) is 0 Å². The fourth-order valence-corrected chi connectivity index (χ4v) is 8.34. The third kappa shape index (κ3) is 5.51. The lowest BCUT2D eigenvalue weighted by Crippen LogP contribution is -1.94. The Morgan fingerprint density at radius 3 is 1.12 bits per heavy atom. The number of rotatable bonds is 6. The van der Waals surface area contributed by atoms with Crippen LogP contribution in [0.4, 0.5) is 0 Å². The quantitative estimate of drug-likeness (QED) is 0.168. The molecule has 9 aromatic carbocycles. The summed E-state index contributed by atoms with van der Waals surface area (Å²) in [5, 5.41) is 4.80. The molecular formula is C54H35NO. The van der Waals surface area contributed by atoms with E-state index < -0.39 is 0 Å². The predicted octanol–water partition coefficient (Wildman–Crippen LogP) is 15.0. The molecule has 0 amide bonds. The molecule has 0 aliphatic rings. The van der Waals surface area contributed by atoms with Crippen LogP contribution in [-0.4, -0.2) is 4.57 Å². The SMILES string of the molecule is c1ccc(-c2ccc3c(c2)c2cc(-c4ccccc4)ccc2n3-c2ccc(-c3ccc(-c4ccc(-c5ccc6oc7ccccc7c6c5)cc4)cc3)cc2)cc1. The Kier molecular flexibility index (Phi) is 7.53. The summed E-state index contributed by atoms with van der Waals surface area (Å²) >= 11 is 0. The molecule has 0 spiro atoms. The fourth-order valence-electron chi connectivity index (χ4n) is 8.34. The second-order valence-electron chi connectivity index (χ2n) is 14.5. The molecule has 0 aliphatic heterocycles. The highest BCUT2D eigenvalue weighted by Crippen LogP contribution is 2.38. The molecule has 0 fully saturated rings. The van der Waals surface area contributed by atoms with Crippen LogP contribution in [-0.2, 0) is 0 Å². The van der Waals surface area contributed by atoms with E-state index in [-0.39, 0.29) is 0 Å². The highest BCUT2D eigenvalue weighted by molar-refractivity contribution is 6.12. The zero-order valence-electron chi connectivity index (χ0n) is 30.6. The molecule has 0 bridgehead atoms. The smallest absolute Gasteiger partial charge is 0.135 e. The Bertz CT molecular complexity index is 3090. The maximum absolute atomic E-state index is 6.05. The number of para-hydroxylation sites is 1. The molecule has 0 radical (unpaired) electrons. The summed E-state index contributed by atoms with van der Waals surface area (Å²) in [5.41, 5.74) is 17.4. The molecule has 0 saturated carbocycles. The van der Waals surface area contributed by atoms with Gasteiger partial charge < -0.3 is 8.98 Å². The molecule has 2 aromatic heterocycles. The third-order valence-corrected chi connectivity index (χ3v) is 11.3. The van der Waals surface area contributed by atoms with Crippen LogP contribution in [0.2, 0.25) is 0 Å². The first kappa shape index (κ1) is 32.0. The van der Waals surface area contributed by atoms with Crippen molar-refractivity contribution in [2.75, 3.05) is 0 Å². The molecule has 2 heterocycles. The highest BCUT2D eigenvalue weighted by Gasteiger charge is 2.15. The average molecular weight is 714 g/mol. The van der Waals surface area contributed by atoms with Crippen LogP contribution in [0.5, 0.6) is 0 Å². The largest absolute Gasteiger partial charge is 0.456 e. The van der Waals surface area contributed by atoms with Gasteiger partial charge in [0.25, 0.3) is 0 Å². The zero-order chi connectivity index (χ0) is 37.0. The van der Waals surface area contributed by atoms with Crippen LogP contribution >= 0.6 is 0 Å². The van der Waals surface area contributed by atoms with E-state index in [4.69, 9.17) is 4.42 Å². The summed E-state index contributed by atoms with van der Waals surface area (Å²) in [6, 6.07) is 76.5. The molecule has 0 N–H and O–H groups in total. The topological polar surface area (TPSA) is 18.1 Å². The monoisotopic (exact) mass is 713 g/mol. The first-order valence-electron chi connectivity index (χ1n) is 19.2. The van der Waals surface area contributed by atoms with Crippen molar-refractivity contribution in [1.29, 1.82) is 0 Å². The van der Waals surface area contributed by atoms with Gasteiger partial charge >= 0.3 is 0 Å². The summed E-state index contributed by atoms with van der Waals surface area (Å²) in [6.45, 7) is 0. The minimum Gasteiger partial charge on any atom is -0.456 e. The van der Waals surface area contributed by atoms with E-state index >= 15 is 0 Å². The number of aromatic nitrogens is 1. The number of benzene rings is 9. The third-order valence-electron chi connectivity index (χ3n) is 11.3.